The summed E-state index contributed by atoms with van der Waals surface area (Å²) in [7, 11) is -2.02. The number of nitriles is 1. The van der Waals surface area contributed by atoms with Crippen LogP contribution in [0.2, 0.25) is 0 Å². The van der Waals surface area contributed by atoms with Crippen molar-refractivity contribution in [1.82, 2.24) is 0 Å². The lowest BCUT2D eigenvalue weighted by molar-refractivity contribution is 0.594. The fourth-order valence-electron chi connectivity index (χ4n) is 1.28. The zero-order chi connectivity index (χ0) is 12.2. The van der Waals surface area contributed by atoms with Gasteiger partial charge in [0.1, 0.15) is 6.07 Å². The van der Waals surface area contributed by atoms with Crippen molar-refractivity contribution >= 4 is 15.7 Å². The number of sulfonamides is 1. The first-order valence-corrected chi connectivity index (χ1v) is 6.29. The Morgan fingerprint density at radius 1 is 1.44 bits per heavy atom. The lowest BCUT2D eigenvalue weighted by Crippen LogP contribution is -2.32. The van der Waals surface area contributed by atoms with E-state index in [0.717, 1.165) is 4.31 Å². The highest BCUT2D eigenvalue weighted by Crippen LogP contribution is 2.20. The number of hydrogen-bond acceptors (Lipinski definition) is 4. The van der Waals surface area contributed by atoms with Crippen LogP contribution in [0.25, 0.3) is 0 Å². The first-order chi connectivity index (χ1) is 7.53. The van der Waals surface area contributed by atoms with Gasteiger partial charge in [-0.05, 0) is 12.1 Å². The molecule has 0 saturated carbocycles. The number of nitrogens with two attached hydrogens (primary N) is 1. The minimum absolute atomic E-state index is 0.0569. The van der Waals surface area contributed by atoms with Gasteiger partial charge in [0, 0.05) is 13.6 Å². The fourth-order valence-corrected chi connectivity index (χ4v) is 2.31. The predicted molar refractivity (Wildman–Crippen MR) is 62.4 cm³/mol. The molecule has 1 aromatic rings. The maximum Gasteiger partial charge on any atom is 0.236 e. The van der Waals surface area contributed by atoms with E-state index in [9.17, 15) is 8.42 Å². The lowest BCUT2D eigenvalue weighted by Gasteiger charge is -2.19. The van der Waals surface area contributed by atoms with Crippen LogP contribution in [0.1, 0.15) is 5.56 Å². The molecule has 5 nitrogen and oxygen atoms in total. The highest BCUT2D eigenvalue weighted by atomic mass is 32.2. The first kappa shape index (κ1) is 12.5. The van der Waals surface area contributed by atoms with Gasteiger partial charge in [0.15, 0.2) is 0 Å². The summed E-state index contributed by atoms with van der Waals surface area (Å²) in [5, 5.41) is 8.87. The highest BCUT2D eigenvalue weighted by Gasteiger charge is 2.19. The van der Waals surface area contributed by atoms with E-state index in [2.05, 4.69) is 0 Å². The Morgan fingerprint density at radius 2 is 2.06 bits per heavy atom. The Morgan fingerprint density at radius 3 is 2.62 bits per heavy atom. The van der Waals surface area contributed by atoms with E-state index in [1.54, 1.807) is 24.3 Å². The summed E-state index contributed by atoms with van der Waals surface area (Å²) in [5.74, 6) is -0.136. The Labute approximate surface area is 95.1 Å². The summed E-state index contributed by atoms with van der Waals surface area (Å²) >= 11 is 0. The van der Waals surface area contributed by atoms with Gasteiger partial charge in [0.25, 0.3) is 0 Å². The van der Waals surface area contributed by atoms with Crippen LogP contribution in [0.4, 0.5) is 5.69 Å². The van der Waals surface area contributed by atoms with Crippen molar-refractivity contribution in [3.05, 3.63) is 29.8 Å². The van der Waals surface area contributed by atoms with Crippen LogP contribution in [-0.4, -0.2) is 27.8 Å². The van der Waals surface area contributed by atoms with Crippen LogP contribution in [0.15, 0.2) is 24.3 Å². The normalized spacial score (nSPS) is 10.8. The summed E-state index contributed by atoms with van der Waals surface area (Å²) in [6, 6.07) is 8.49. The summed E-state index contributed by atoms with van der Waals surface area (Å²) in [6.07, 6.45) is 0. The molecule has 86 valence electrons. The lowest BCUT2D eigenvalue weighted by atomic mass is 10.2. The smallest absolute Gasteiger partial charge is 0.236 e. The van der Waals surface area contributed by atoms with Crippen LogP contribution in [0.5, 0.6) is 0 Å². The fraction of sp³-hybridized carbons (Fsp3) is 0.300. The SMILES string of the molecule is CN(c1ccccc1C#N)S(=O)(=O)CCN. The monoisotopic (exact) mass is 239 g/mol. The molecule has 1 rings (SSSR count). The molecule has 0 fully saturated rings. The average Bonchev–Trinajstić information content (AvgIpc) is 2.28. The van der Waals surface area contributed by atoms with E-state index in [4.69, 9.17) is 11.0 Å². The Balaban J connectivity index is 3.16. The van der Waals surface area contributed by atoms with Crippen LogP contribution in [0.3, 0.4) is 0 Å². The van der Waals surface area contributed by atoms with Gasteiger partial charge in [0.2, 0.25) is 10.0 Å². The topological polar surface area (TPSA) is 87.2 Å². The van der Waals surface area contributed by atoms with Crippen LogP contribution in [0, 0.1) is 11.3 Å². The molecule has 0 aliphatic rings. The zero-order valence-corrected chi connectivity index (χ0v) is 9.74. The standard InChI is InChI=1S/C10H13N3O2S/c1-13(16(14,15)7-6-11)10-5-3-2-4-9(10)8-12/h2-5H,6-7,11H2,1H3. The van der Waals surface area contributed by atoms with E-state index in [1.165, 1.54) is 7.05 Å². The molecule has 0 spiro atoms. The van der Waals surface area contributed by atoms with E-state index in [1.807, 2.05) is 6.07 Å². The molecule has 1 aromatic carbocycles. The second-order valence-corrected chi connectivity index (χ2v) is 5.32. The van der Waals surface area contributed by atoms with Gasteiger partial charge < -0.3 is 5.73 Å². The zero-order valence-electron chi connectivity index (χ0n) is 8.92. The molecule has 0 atom stereocenters. The molecule has 0 aromatic heterocycles. The van der Waals surface area contributed by atoms with Crippen molar-refractivity contribution in [3.8, 4) is 6.07 Å². The van der Waals surface area contributed by atoms with Gasteiger partial charge in [-0.15, -0.1) is 0 Å². The Bertz CT molecular complexity index is 505. The van der Waals surface area contributed by atoms with Crippen molar-refractivity contribution in [2.24, 2.45) is 5.73 Å². The summed E-state index contributed by atoms with van der Waals surface area (Å²) in [5.41, 5.74) is 5.93. The molecule has 0 aliphatic carbocycles. The van der Waals surface area contributed by atoms with Gasteiger partial charge in [-0.2, -0.15) is 5.26 Å². The van der Waals surface area contributed by atoms with Crippen LogP contribution >= 0.6 is 0 Å². The van der Waals surface area contributed by atoms with Crippen molar-refractivity contribution in [2.75, 3.05) is 23.7 Å². The van der Waals surface area contributed by atoms with Crippen LogP contribution < -0.4 is 10.0 Å². The molecule has 0 unspecified atom stereocenters. The van der Waals surface area contributed by atoms with Crippen molar-refractivity contribution in [2.45, 2.75) is 0 Å². The number of benzene rings is 1. The summed E-state index contributed by atoms with van der Waals surface area (Å²) in [4.78, 5) is 0. The molecule has 0 aliphatic heterocycles. The van der Waals surface area contributed by atoms with E-state index in [-0.39, 0.29) is 12.3 Å². The Hall–Kier alpha value is -1.58. The molecule has 0 bridgehead atoms. The maximum absolute atomic E-state index is 11.7. The number of anilines is 1. The number of rotatable bonds is 4. The second-order valence-electron chi connectivity index (χ2n) is 3.20. The molecule has 0 saturated heterocycles. The minimum Gasteiger partial charge on any atom is -0.329 e. The van der Waals surface area contributed by atoms with Gasteiger partial charge in [-0.25, -0.2) is 8.42 Å². The molecule has 16 heavy (non-hydrogen) atoms. The average molecular weight is 239 g/mol. The molecule has 0 heterocycles. The minimum atomic E-state index is -3.44. The third kappa shape index (κ3) is 2.51. The number of para-hydroxylation sites is 1. The van der Waals surface area contributed by atoms with E-state index < -0.39 is 10.0 Å². The quantitative estimate of drug-likeness (QED) is 0.817. The first-order valence-electron chi connectivity index (χ1n) is 4.68. The van der Waals surface area contributed by atoms with Gasteiger partial charge in [0.05, 0.1) is 17.0 Å². The summed E-state index contributed by atoms with van der Waals surface area (Å²) in [6.45, 7) is 0.0569. The molecule has 0 radical (unpaired) electrons. The molecule has 6 heteroatoms. The highest BCUT2D eigenvalue weighted by molar-refractivity contribution is 7.92. The third-order valence-corrected chi connectivity index (χ3v) is 3.94. The molecule has 0 amide bonds. The van der Waals surface area contributed by atoms with E-state index in [0.29, 0.717) is 11.3 Å². The largest absolute Gasteiger partial charge is 0.329 e. The summed E-state index contributed by atoms with van der Waals surface area (Å²) < 4.78 is 24.6. The van der Waals surface area contributed by atoms with Crippen LogP contribution in [-0.2, 0) is 10.0 Å². The van der Waals surface area contributed by atoms with E-state index >= 15 is 0 Å². The third-order valence-electron chi connectivity index (χ3n) is 2.16. The van der Waals surface area contributed by atoms with Gasteiger partial charge in [-0.3, -0.25) is 4.31 Å². The maximum atomic E-state index is 11.7. The van der Waals surface area contributed by atoms with Gasteiger partial charge in [-0.1, -0.05) is 12.1 Å². The molecular formula is C10H13N3O2S. The second kappa shape index (κ2) is 4.96. The molecular weight excluding hydrogens is 226 g/mol. The molecule has 2 N–H and O–H groups in total. The number of nitrogens with zero attached hydrogens (tertiary/aromatic N) is 2. The Kier molecular flexibility index (Phi) is 3.88. The van der Waals surface area contributed by atoms with Crippen molar-refractivity contribution in [3.63, 3.8) is 0 Å². The van der Waals surface area contributed by atoms with Crippen molar-refractivity contribution < 1.29 is 8.42 Å². The van der Waals surface area contributed by atoms with Gasteiger partial charge >= 0.3 is 0 Å². The number of hydrogen-bond donors (Lipinski definition) is 1. The predicted octanol–water partition coefficient (Wildman–Crippen LogP) is 0.283. The van der Waals surface area contributed by atoms with Crippen molar-refractivity contribution in [1.29, 1.82) is 5.26 Å².